The minimum absolute atomic E-state index is 0.0239. The molecule has 9 nitrogen and oxygen atoms in total. The number of hydrogen-bond acceptors (Lipinski definition) is 7. The van der Waals surface area contributed by atoms with Gasteiger partial charge in [-0.1, -0.05) is 23.5 Å². The number of amides is 1. The molecule has 0 atom stereocenters. The third kappa shape index (κ3) is 4.99. The Morgan fingerprint density at radius 1 is 1.17 bits per heavy atom. The first-order valence-electron chi connectivity index (χ1n) is 8.67. The first kappa shape index (κ1) is 21.4. The molecule has 3 rings (SSSR count). The second-order valence-corrected chi connectivity index (χ2v) is 8.07. The van der Waals surface area contributed by atoms with Crippen LogP contribution < -0.4 is 4.80 Å². The van der Waals surface area contributed by atoms with E-state index in [1.807, 2.05) is 10.8 Å². The van der Waals surface area contributed by atoms with Crippen LogP contribution in [0.5, 0.6) is 0 Å². The predicted octanol–water partition coefficient (Wildman–Crippen LogP) is 4.02. The number of non-ortho nitro benzene ring substituents is 2. The fraction of sp³-hybridized carbons (Fsp3) is 0.158. The van der Waals surface area contributed by atoms with Crippen LogP contribution in [0, 0.1) is 20.2 Å². The number of rotatable bonds is 7. The average Bonchev–Trinajstić information content (AvgIpc) is 3.06. The van der Waals surface area contributed by atoms with Crippen molar-refractivity contribution in [2.75, 3.05) is 12.0 Å². The Hall–Kier alpha value is -3.31. The summed E-state index contributed by atoms with van der Waals surface area (Å²) in [6.07, 6.45) is 4.66. The minimum atomic E-state index is -0.527. The Labute approximate surface area is 178 Å². The van der Waals surface area contributed by atoms with Crippen LogP contribution in [0.4, 0.5) is 11.4 Å². The maximum absolute atomic E-state index is 12.4. The number of thiazole rings is 1. The summed E-state index contributed by atoms with van der Waals surface area (Å²) >= 11 is 2.84. The highest BCUT2D eigenvalue weighted by molar-refractivity contribution is 7.98. The molecule has 0 bridgehead atoms. The Kier molecular flexibility index (Phi) is 6.75. The third-order valence-corrected chi connectivity index (χ3v) is 5.73. The van der Waals surface area contributed by atoms with Gasteiger partial charge >= 0.3 is 0 Å². The van der Waals surface area contributed by atoms with Crippen LogP contribution in [-0.4, -0.2) is 32.3 Å². The summed E-state index contributed by atoms with van der Waals surface area (Å²) in [6, 6.07) is 10.5. The highest BCUT2D eigenvalue weighted by Crippen LogP contribution is 2.23. The van der Waals surface area contributed by atoms with E-state index in [1.165, 1.54) is 53.8 Å². The lowest BCUT2D eigenvalue weighted by molar-refractivity contribution is -0.385. The molecule has 3 aromatic rings. The number of carbonyl (C=O) groups excluding carboxylic acids is 1. The summed E-state index contributed by atoms with van der Waals surface area (Å²) < 4.78 is 2.53. The van der Waals surface area contributed by atoms with Crippen molar-refractivity contribution >= 4 is 56.7 Å². The zero-order valence-corrected chi connectivity index (χ0v) is 17.4. The molecule has 0 aliphatic carbocycles. The van der Waals surface area contributed by atoms with E-state index in [-0.39, 0.29) is 11.4 Å². The largest absolute Gasteiger partial charge is 0.315 e. The molecule has 154 valence electrons. The first-order chi connectivity index (χ1) is 14.4. The maximum Gasteiger partial charge on any atom is 0.272 e. The van der Waals surface area contributed by atoms with Crippen molar-refractivity contribution in [3.05, 3.63) is 79.1 Å². The topological polar surface area (TPSA) is 121 Å². The quantitative estimate of drug-likeness (QED) is 0.308. The second kappa shape index (κ2) is 9.46. The molecule has 11 heteroatoms. The first-order valence-corrected chi connectivity index (χ1v) is 10.9. The smallest absolute Gasteiger partial charge is 0.272 e. The van der Waals surface area contributed by atoms with Gasteiger partial charge in [0.25, 0.3) is 17.3 Å². The molecule has 0 N–H and O–H groups in total. The molecule has 0 aliphatic rings. The van der Waals surface area contributed by atoms with E-state index in [1.54, 1.807) is 23.9 Å². The summed E-state index contributed by atoms with van der Waals surface area (Å²) in [6.45, 7) is 0.597. The van der Waals surface area contributed by atoms with Crippen molar-refractivity contribution in [1.29, 1.82) is 0 Å². The van der Waals surface area contributed by atoms with Gasteiger partial charge in [0.1, 0.15) is 0 Å². The van der Waals surface area contributed by atoms with E-state index in [2.05, 4.69) is 4.99 Å². The van der Waals surface area contributed by atoms with Gasteiger partial charge < -0.3 is 4.57 Å². The molecular formula is C19H16N4O5S2. The average molecular weight is 444 g/mol. The van der Waals surface area contributed by atoms with Gasteiger partial charge in [-0.2, -0.15) is 16.8 Å². The number of aryl methyl sites for hydroxylation is 1. The molecule has 0 aliphatic heterocycles. The van der Waals surface area contributed by atoms with Crippen LogP contribution >= 0.6 is 23.1 Å². The van der Waals surface area contributed by atoms with Crippen molar-refractivity contribution in [3.63, 3.8) is 0 Å². The molecule has 0 fully saturated rings. The number of carbonyl (C=O) groups is 1. The van der Waals surface area contributed by atoms with Gasteiger partial charge in [0.2, 0.25) is 0 Å². The number of nitrogens with zero attached hydrogens (tertiary/aromatic N) is 4. The lowest BCUT2D eigenvalue weighted by Crippen LogP contribution is -2.17. The van der Waals surface area contributed by atoms with E-state index in [9.17, 15) is 25.0 Å². The Bertz CT molecular complexity index is 1230. The van der Waals surface area contributed by atoms with Crippen LogP contribution in [0.2, 0.25) is 0 Å². The summed E-state index contributed by atoms with van der Waals surface area (Å²) in [5.74, 6) is 0.258. The van der Waals surface area contributed by atoms with Gasteiger partial charge in [-0.25, -0.2) is 0 Å². The van der Waals surface area contributed by atoms with E-state index in [0.29, 0.717) is 21.6 Å². The molecule has 1 amide bonds. The predicted molar refractivity (Wildman–Crippen MR) is 118 cm³/mol. The van der Waals surface area contributed by atoms with Gasteiger partial charge in [0.15, 0.2) is 4.80 Å². The molecule has 0 unspecified atom stereocenters. The third-order valence-electron chi connectivity index (χ3n) is 4.10. The van der Waals surface area contributed by atoms with Crippen molar-refractivity contribution in [2.24, 2.45) is 4.99 Å². The summed E-state index contributed by atoms with van der Waals surface area (Å²) in [4.78, 5) is 37.9. The molecule has 0 saturated heterocycles. The van der Waals surface area contributed by atoms with Gasteiger partial charge in [0, 0.05) is 42.6 Å². The highest BCUT2D eigenvalue weighted by atomic mass is 32.2. The van der Waals surface area contributed by atoms with Crippen LogP contribution in [-0.2, 0) is 11.3 Å². The number of nitro groups is 2. The van der Waals surface area contributed by atoms with E-state index in [0.717, 1.165) is 11.3 Å². The van der Waals surface area contributed by atoms with E-state index >= 15 is 0 Å². The number of nitro benzene ring substituents is 2. The van der Waals surface area contributed by atoms with Gasteiger partial charge in [-0.3, -0.25) is 25.0 Å². The normalized spacial score (nSPS) is 12.0. The summed E-state index contributed by atoms with van der Waals surface area (Å²) in [5, 5.41) is 21.9. The molecule has 0 radical (unpaired) electrons. The second-order valence-electron chi connectivity index (χ2n) is 6.07. The van der Waals surface area contributed by atoms with Crippen LogP contribution in [0.25, 0.3) is 16.3 Å². The number of benzene rings is 2. The molecular weight excluding hydrogens is 428 g/mol. The zero-order chi connectivity index (χ0) is 21.7. The Balaban J connectivity index is 1.97. The molecule has 1 aromatic heterocycles. The van der Waals surface area contributed by atoms with Gasteiger partial charge in [-0.15, -0.1) is 0 Å². The Morgan fingerprint density at radius 2 is 1.90 bits per heavy atom. The number of aromatic nitrogens is 1. The SMILES string of the molecule is CSCCn1c(=NC(=O)/C=C/c2cccc([N+](=O)[O-])c2)sc2cc([N+](=O)[O-])ccc21. The number of fused-ring (bicyclic) bond motifs is 1. The van der Waals surface area contributed by atoms with Crippen molar-refractivity contribution in [2.45, 2.75) is 6.54 Å². The lowest BCUT2D eigenvalue weighted by Gasteiger charge is -2.03. The fourth-order valence-corrected chi connectivity index (χ4v) is 4.16. The zero-order valence-electron chi connectivity index (χ0n) is 15.8. The lowest BCUT2D eigenvalue weighted by atomic mass is 10.2. The van der Waals surface area contributed by atoms with Gasteiger partial charge in [-0.05, 0) is 24.0 Å². The van der Waals surface area contributed by atoms with Crippen molar-refractivity contribution < 1.29 is 14.6 Å². The van der Waals surface area contributed by atoms with Crippen LogP contribution in [0.1, 0.15) is 5.56 Å². The fourth-order valence-electron chi connectivity index (χ4n) is 2.70. The van der Waals surface area contributed by atoms with Crippen LogP contribution in [0.15, 0.2) is 53.5 Å². The van der Waals surface area contributed by atoms with Gasteiger partial charge in [0.05, 0.1) is 20.1 Å². The minimum Gasteiger partial charge on any atom is -0.315 e. The summed E-state index contributed by atoms with van der Waals surface area (Å²) in [5.41, 5.74) is 1.19. The molecule has 1 heterocycles. The highest BCUT2D eigenvalue weighted by Gasteiger charge is 2.12. The van der Waals surface area contributed by atoms with Crippen molar-refractivity contribution in [1.82, 2.24) is 4.57 Å². The van der Waals surface area contributed by atoms with Crippen LogP contribution in [0.3, 0.4) is 0 Å². The molecule has 0 saturated carbocycles. The monoisotopic (exact) mass is 444 g/mol. The number of hydrogen-bond donors (Lipinski definition) is 0. The number of thioether (sulfide) groups is 1. The Morgan fingerprint density at radius 3 is 2.60 bits per heavy atom. The van der Waals surface area contributed by atoms with Crippen molar-refractivity contribution in [3.8, 4) is 0 Å². The maximum atomic E-state index is 12.4. The standard InChI is InChI=1S/C19H16N4O5S2/c1-29-10-9-21-16-7-6-15(23(27)28)12-17(16)30-19(21)20-18(24)8-5-13-3-2-4-14(11-13)22(25)26/h2-8,11-12H,9-10H2,1H3/b8-5+,20-19?. The summed E-state index contributed by atoms with van der Waals surface area (Å²) in [7, 11) is 0. The van der Waals surface area contributed by atoms with E-state index < -0.39 is 15.8 Å². The molecule has 30 heavy (non-hydrogen) atoms. The molecule has 0 spiro atoms. The molecule has 2 aromatic carbocycles. The van der Waals surface area contributed by atoms with E-state index in [4.69, 9.17) is 0 Å².